The van der Waals surface area contributed by atoms with Gasteiger partial charge in [-0.1, -0.05) is 72.0 Å². The molecule has 0 spiro atoms. The molecule has 0 unspecified atom stereocenters. The van der Waals surface area contributed by atoms with Crippen LogP contribution in [0.2, 0.25) is 0 Å². The van der Waals surface area contributed by atoms with E-state index in [2.05, 4.69) is 40.7 Å². The summed E-state index contributed by atoms with van der Waals surface area (Å²) in [5, 5.41) is 0. The summed E-state index contributed by atoms with van der Waals surface area (Å²) in [6.07, 6.45) is 18.2. The molecule has 2 N–H and O–H groups in total. The topological polar surface area (TPSA) is 52.3 Å². The van der Waals surface area contributed by atoms with Crippen LogP contribution < -0.4 is 5.73 Å². The van der Waals surface area contributed by atoms with Crippen molar-refractivity contribution in [1.82, 2.24) is 0 Å². The SMILES string of the molecule is Cc1cc(N)ccc1C(=O)O[C@H]1CC[C@@]2(C)C(=CC[C@H]3[C@@H]4CC[C@H]([C@H](C)CCCCC(C)C)[C@@]4(C)CC[C@@H]32)C1. The molecule has 1 aromatic rings. The molecule has 4 aliphatic rings. The quantitative estimate of drug-likeness (QED) is 0.157. The van der Waals surface area contributed by atoms with E-state index >= 15 is 0 Å². The Morgan fingerprint density at radius 3 is 2.54 bits per heavy atom. The number of carbonyl (C=O) groups is 1. The van der Waals surface area contributed by atoms with Crippen LogP contribution in [0.5, 0.6) is 0 Å². The Morgan fingerprint density at radius 2 is 1.79 bits per heavy atom. The molecule has 8 atom stereocenters. The Hall–Kier alpha value is -1.77. The highest BCUT2D eigenvalue weighted by Crippen LogP contribution is 2.67. The summed E-state index contributed by atoms with van der Waals surface area (Å²) in [6, 6.07) is 5.46. The van der Waals surface area contributed by atoms with E-state index in [9.17, 15) is 4.79 Å². The maximum absolute atomic E-state index is 13.0. The van der Waals surface area contributed by atoms with Crippen LogP contribution in [-0.4, -0.2) is 12.1 Å². The van der Waals surface area contributed by atoms with E-state index in [-0.39, 0.29) is 17.5 Å². The summed E-state index contributed by atoms with van der Waals surface area (Å²) in [5.41, 5.74) is 10.5. The van der Waals surface area contributed by atoms with E-state index in [0.29, 0.717) is 16.7 Å². The van der Waals surface area contributed by atoms with E-state index in [1.54, 1.807) is 11.6 Å². The molecule has 0 aliphatic heterocycles. The van der Waals surface area contributed by atoms with Gasteiger partial charge in [-0.3, -0.25) is 0 Å². The second-order valence-electron chi connectivity index (χ2n) is 15.0. The second-order valence-corrected chi connectivity index (χ2v) is 15.0. The Labute approximate surface area is 238 Å². The lowest BCUT2D eigenvalue weighted by molar-refractivity contribution is -0.0594. The van der Waals surface area contributed by atoms with Crippen molar-refractivity contribution >= 4 is 11.7 Å². The first-order valence-electron chi connectivity index (χ1n) is 16.3. The molecule has 216 valence electrons. The lowest BCUT2D eigenvalue weighted by Gasteiger charge is -2.58. The maximum atomic E-state index is 13.0. The van der Waals surface area contributed by atoms with E-state index in [1.807, 2.05) is 19.1 Å². The van der Waals surface area contributed by atoms with Gasteiger partial charge in [0.05, 0.1) is 5.56 Å². The number of aryl methyl sites for hydroxylation is 1. The van der Waals surface area contributed by atoms with Gasteiger partial charge in [0.25, 0.3) is 0 Å². The number of rotatable bonds is 8. The predicted molar refractivity (Wildman–Crippen MR) is 162 cm³/mol. The first-order chi connectivity index (χ1) is 18.5. The minimum absolute atomic E-state index is 0.00779. The van der Waals surface area contributed by atoms with Gasteiger partial charge in [0.2, 0.25) is 0 Å². The monoisotopic (exact) mass is 533 g/mol. The fourth-order valence-corrected chi connectivity index (χ4v) is 10.1. The van der Waals surface area contributed by atoms with Crippen molar-refractivity contribution in [2.75, 3.05) is 5.73 Å². The highest BCUT2D eigenvalue weighted by atomic mass is 16.5. The normalized spacial score (nSPS) is 36.5. The van der Waals surface area contributed by atoms with Crippen molar-refractivity contribution < 1.29 is 9.53 Å². The highest BCUT2D eigenvalue weighted by molar-refractivity contribution is 5.91. The number of unbranched alkanes of at least 4 members (excludes halogenated alkanes) is 1. The first kappa shape index (κ1) is 28.7. The van der Waals surface area contributed by atoms with Gasteiger partial charge in [0.1, 0.15) is 6.10 Å². The standard InChI is InChI=1S/C36H55NO2/c1-23(2)9-7-8-10-24(3)31-15-16-32-30-13-11-26-22-28(39-34(38)29-14-12-27(37)21-25(29)4)17-19-35(26,5)33(30)18-20-36(31,32)6/h11-12,14,21,23-24,28,30-33H,7-10,13,15-20,22,37H2,1-6H3/t24-,28+,30+,31-,32+,33+,35+,36-/m1/s1. The minimum Gasteiger partial charge on any atom is -0.458 e. The van der Waals surface area contributed by atoms with Crippen LogP contribution in [-0.2, 0) is 4.74 Å². The lowest BCUT2D eigenvalue weighted by atomic mass is 9.47. The predicted octanol–water partition coefficient (Wildman–Crippen LogP) is 9.53. The van der Waals surface area contributed by atoms with Gasteiger partial charge in [0.15, 0.2) is 0 Å². The molecule has 0 heterocycles. The molecule has 0 radical (unpaired) electrons. The third-order valence-corrected chi connectivity index (χ3v) is 12.3. The van der Waals surface area contributed by atoms with Gasteiger partial charge < -0.3 is 10.5 Å². The molecule has 1 aromatic carbocycles. The van der Waals surface area contributed by atoms with Crippen molar-refractivity contribution in [2.24, 2.45) is 46.3 Å². The van der Waals surface area contributed by atoms with Crippen molar-refractivity contribution in [3.63, 3.8) is 0 Å². The van der Waals surface area contributed by atoms with Crippen molar-refractivity contribution in [3.8, 4) is 0 Å². The fraction of sp³-hybridized carbons (Fsp3) is 0.750. The molecule has 0 aromatic heterocycles. The number of ether oxygens (including phenoxy) is 1. The first-order valence-corrected chi connectivity index (χ1v) is 16.3. The minimum atomic E-state index is -0.195. The smallest absolute Gasteiger partial charge is 0.338 e. The zero-order valence-electron chi connectivity index (χ0n) is 25.7. The molecule has 39 heavy (non-hydrogen) atoms. The van der Waals surface area contributed by atoms with Gasteiger partial charge in [-0.15, -0.1) is 0 Å². The number of esters is 1. The molecule has 3 nitrogen and oxygen atoms in total. The third kappa shape index (κ3) is 5.45. The third-order valence-electron chi connectivity index (χ3n) is 12.3. The fourth-order valence-electron chi connectivity index (χ4n) is 10.1. The number of benzene rings is 1. The van der Waals surface area contributed by atoms with Gasteiger partial charge in [-0.05, 0) is 122 Å². The van der Waals surface area contributed by atoms with E-state index in [1.165, 1.54) is 57.8 Å². The summed E-state index contributed by atoms with van der Waals surface area (Å²) in [4.78, 5) is 13.0. The van der Waals surface area contributed by atoms with Crippen LogP contribution in [0.1, 0.15) is 128 Å². The van der Waals surface area contributed by atoms with Crippen LogP contribution in [0.3, 0.4) is 0 Å². The van der Waals surface area contributed by atoms with Crippen molar-refractivity contribution in [1.29, 1.82) is 0 Å². The van der Waals surface area contributed by atoms with Crippen molar-refractivity contribution in [2.45, 2.75) is 125 Å². The highest BCUT2D eigenvalue weighted by Gasteiger charge is 2.59. The van der Waals surface area contributed by atoms with E-state index in [4.69, 9.17) is 10.5 Å². The molecule has 4 aliphatic carbocycles. The van der Waals surface area contributed by atoms with Gasteiger partial charge in [0, 0.05) is 12.1 Å². The Bertz CT molecular complexity index is 1070. The van der Waals surface area contributed by atoms with Crippen LogP contribution in [0.4, 0.5) is 5.69 Å². The van der Waals surface area contributed by atoms with Gasteiger partial charge in [-0.2, -0.15) is 0 Å². The van der Waals surface area contributed by atoms with Gasteiger partial charge >= 0.3 is 5.97 Å². The van der Waals surface area contributed by atoms with Crippen LogP contribution in [0.15, 0.2) is 29.8 Å². The number of fused-ring (bicyclic) bond motifs is 5. The molecule has 0 saturated heterocycles. The molecule has 5 rings (SSSR count). The molecule has 3 fully saturated rings. The van der Waals surface area contributed by atoms with Crippen LogP contribution >= 0.6 is 0 Å². The number of allylic oxidation sites excluding steroid dienone is 1. The molecular formula is C36H55NO2. The number of hydrogen-bond donors (Lipinski definition) is 1. The van der Waals surface area contributed by atoms with Crippen LogP contribution in [0.25, 0.3) is 0 Å². The summed E-state index contributed by atoms with van der Waals surface area (Å²) in [7, 11) is 0. The number of nitrogen functional groups attached to an aromatic ring is 1. The van der Waals surface area contributed by atoms with Crippen LogP contribution in [0, 0.1) is 53.3 Å². The zero-order chi connectivity index (χ0) is 27.9. The molecule has 3 saturated carbocycles. The Kier molecular flexibility index (Phi) is 8.29. The van der Waals surface area contributed by atoms with E-state index in [0.717, 1.165) is 60.3 Å². The zero-order valence-corrected chi connectivity index (χ0v) is 25.7. The van der Waals surface area contributed by atoms with Crippen molar-refractivity contribution in [3.05, 3.63) is 41.0 Å². The summed E-state index contributed by atoms with van der Waals surface area (Å²) in [5.74, 6) is 4.94. The molecular weight excluding hydrogens is 478 g/mol. The number of carbonyl (C=O) groups excluding carboxylic acids is 1. The van der Waals surface area contributed by atoms with Gasteiger partial charge in [-0.25, -0.2) is 4.79 Å². The molecule has 3 heteroatoms. The van der Waals surface area contributed by atoms with E-state index < -0.39 is 0 Å². The number of anilines is 1. The Morgan fingerprint density at radius 1 is 1.03 bits per heavy atom. The Balaban J connectivity index is 1.23. The largest absolute Gasteiger partial charge is 0.458 e. The lowest BCUT2D eigenvalue weighted by Crippen LogP contribution is -2.51. The summed E-state index contributed by atoms with van der Waals surface area (Å²) >= 11 is 0. The number of hydrogen-bond acceptors (Lipinski definition) is 3. The summed E-state index contributed by atoms with van der Waals surface area (Å²) in [6.45, 7) is 14.5. The average Bonchev–Trinajstić information content (AvgIpc) is 3.24. The molecule has 0 bridgehead atoms. The summed E-state index contributed by atoms with van der Waals surface area (Å²) < 4.78 is 6.09. The maximum Gasteiger partial charge on any atom is 0.338 e. The average molecular weight is 534 g/mol. The number of nitrogens with two attached hydrogens (primary N) is 1. The molecule has 0 amide bonds. The second kappa shape index (κ2) is 11.2.